The molecule has 1 aliphatic rings. The number of benzene rings is 1. The number of hydrogen-bond acceptors (Lipinski definition) is 3. The van der Waals surface area contributed by atoms with Crippen LogP contribution in [0.2, 0.25) is 0 Å². The van der Waals surface area contributed by atoms with Gasteiger partial charge in [-0.15, -0.1) is 0 Å². The van der Waals surface area contributed by atoms with Crippen LogP contribution in [0.15, 0.2) is 29.2 Å². The third kappa shape index (κ3) is 4.18. The number of aliphatic hydroxyl groups is 1. The second-order valence-corrected chi connectivity index (χ2v) is 5.52. The summed E-state index contributed by atoms with van der Waals surface area (Å²) in [6, 6.07) is 6.23. The van der Waals surface area contributed by atoms with Crippen molar-refractivity contribution in [2.24, 2.45) is 5.92 Å². The molecule has 1 aromatic carbocycles. The lowest BCUT2D eigenvalue weighted by Gasteiger charge is -2.12. The van der Waals surface area contributed by atoms with Crippen LogP contribution < -0.4 is 5.32 Å². The third-order valence-corrected chi connectivity index (χ3v) is 3.77. The summed E-state index contributed by atoms with van der Waals surface area (Å²) < 4.78 is 24.8. The Morgan fingerprint density at radius 2 is 2.11 bits per heavy atom. The van der Waals surface area contributed by atoms with Crippen LogP contribution in [0.25, 0.3) is 0 Å². The number of carbonyl (C=O) groups is 1. The minimum absolute atomic E-state index is 0.164. The molecule has 0 aliphatic heterocycles. The molecule has 0 bridgehead atoms. The zero-order chi connectivity index (χ0) is 13.8. The van der Waals surface area contributed by atoms with Crippen molar-refractivity contribution in [2.45, 2.75) is 29.6 Å². The fraction of sp³-hybridized carbons (Fsp3) is 0.462. The molecule has 1 amide bonds. The summed E-state index contributed by atoms with van der Waals surface area (Å²) in [7, 11) is 0. The SMILES string of the molecule is O=C(NCC(O)C1CC1)c1ccccc1SC(F)F. The fourth-order valence-electron chi connectivity index (χ4n) is 1.79. The van der Waals surface area contributed by atoms with Gasteiger partial charge in [0, 0.05) is 11.4 Å². The van der Waals surface area contributed by atoms with E-state index in [2.05, 4.69) is 5.32 Å². The fourth-order valence-corrected chi connectivity index (χ4v) is 2.43. The highest BCUT2D eigenvalue weighted by Gasteiger charge is 2.29. The molecule has 0 radical (unpaired) electrons. The van der Waals surface area contributed by atoms with E-state index in [4.69, 9.17) is 0 Å². The molecule has 1 aromatic rings. The molecular weight excluding hydrogens is 272 g/mol. The third-order valence-electron chi connectivity index (χ3n) is 2.99. The lowest BCUT2D eigenvalue weighted by atomic mass is 10.2. The highest BCUT2D eigenvalue weighted by Crippen LogP contribution is 2.32. The minimum atomic E-state index is -2.56. The molecule has 1 fully saturated rings. The van der Waals surface area contributed by atoms with Crippen LogP contribution in [0, 0.1) is 5.92 Å². The molecule has 104 valence electrons. The Labute approximate surface area is 114 Å². The van der Waals surface area contributed by atoms with E-state index in [1.54, 1.807) is 12.1 Å². The van der Waals surface area contributed by atoms with Gasteiger partial charge in [0.05, 0.1) is 11.7 Å². The maximum absolute atomic E-state index is 12.4. The molecule has 2 rings (SSSR count). The first-order chi connectivity index (χ1) is 9.08. The Bertz CT molecular complexity index is 452. The summed E-state index contributed by atoms with van der Waals surface area (Å²) in [4.78, 5) is 12.2. The van der Waals surface area contributed by atoms with Crippen molar-refractivity contribution in [3.63, 3.8) is 0 Å². The second kappa shape index (κ2) is 6.34. The molecule has 19 heavy (non-hydrogen) atoms. The smallest absolute Gasteiger partial charge is 0.288 e. The average Bonchev–Trinajstić information content (AvgIpc) is 3.19. The van der Waals surface area contributed by atoms with Crippen LogP contribution >= 0.6 is 11.8 Å². The van der Waals surface area contributed by atoms with E-state index in [-0.39, 0.29) is 22.9 Å². The summed E-state index contributed by atoms with van der Waals surface area (Å²) in [5.74, 6) is -2.72. The predicted molar refractivity (Wildman–Crippen MR) is 69.4 cm³/mol. The molecule has 0 heterocycles. The largest absolute Gasteiger partial charge is 0.391 e. The molecule has 1 saturated carbocycles. The standard InChI is InChI=1S/C13H15F2NO2S/c14-13(15)19-11-4-2-1-3-9(11)12(18)16-7-10(17)8-5-6-8/h1-4,8,10,13,17H,5-7H2,(H,16,18). The van der Waals surface area contributed by atoms with Crippen LogP contribution in [0.1, 0.15) is 23.2 Å². The first-order valence-corrected chi connectivity index (χ1v) is 6.96. The quantitative estimate of drug-likeness (QED) is 0.790. The summed E-state index contributed by atoms with van der Waals surface area (Å²) in [5, 5.41) is 12.2. The highest BCUT2D eigenvalue weighted by molar-refractivity contribution is 7.99. The lowest BCUT2D eigenvalue weighted by Crippen LogP contribution is -2.33. The molecule has 1 unspecified atom stereocenters. The Hall–Kier alpha value is -1.14. The number of nitrogens with one attached hydrogen (secondary N) is 1. The van der Waals surface area contributed by atoms with E-state index < -0.39 is 17.8 Å². The van der Waals surface area contributed by atoms with E-state index in [1.165, 1.54) is 12.1 Å². The summed E-state index contributed by atoms with van der Waals surface area (Å²) in [6.45, 7) is 0.164. The van der Waals surface area contributed by atoms with Gasteiger partial charge < -0.3 is 10.4 Å². The molecule has 0 spiro atoms. The normalized spacial score (nSPS) is 16.4. The summed E-state index contributed by atoms with van der Waals surface area (Å²) >= 11 is 0.350. The minimum Gasteiger partial charge on any atom is -0.391 e. The average molecular weight is 287 g/mol. The Morgan fingerprint density at radius 3 is 2.74 bits per heavy atom. The Morgan fingerprint density at radius 1 is 1.42 bits per heavy atom. The van der Waals surface area contributed by atoms with Gasteiger partial charge in [0.1, 0.15) is 0 Å². The highest BCUT2D eigenvalue weighted by atomic mass is 32.2. The van der Waals surface area contributed by atoms with Crippen molar-refractivity contribution < 1.29 is 18.7 Å². The van der Waals surface area contributed by atoms with Gasteiger partial charge in [0.15, 0.2) is 0 Å². The van der Waals surface area contributed by atoms with Gasteiger partial charge in [-0.1, -0.05) is 23.9 Å². The number of rotatable bonds is 6. The molecule has 0 saturated heterocycles. The van der Waals surface area contributed by atoms with Gasteiger partial charge in [-0.2, -0.15) is 8.78 Å². The number of halogens is 2. The van der Waals surface area contributed by atoms with Crippen LogP contribution in [-0.4, -0.2) is 29.4 Å². The topological polar surface area (TPSA) is 49.3 Å². The van der Waals surface area contributed by atoms with E-state index in [9.17, 15) is 18.7 Å². The zero-order valence-corrected chi connectivity index (χ0v) is 11.0. The van der Waals surface area contributed by atoms with Crippen LogP contribution in [0.3, 0.4) is 0 Å². The monoisotopic (exact) mass is 287 g/mol. The van der Waals surface area contributed by atoms with Gasteiger partial charge >= 0.3 is 0 Å². The number of amides is 1. The molecule has 3 nitrogen and oxygen atoms in total. The second-order valence-electron chi connectivity index (χ2n) is 4.49. The lowest BCUT2D eigenvalue weighted by molar-refractivity contribution is 0.0898. The van der Waals surface area contributed by atoms with Gasteiger partial charge in [-0.05, 0) is 30.9 Å². The first kappa shape index (κ1) is 14.3. The molecule has 1 aliphatic carbocycles. The van der Waals surface area contributed by atoms with Crippen LogP contribution in [-0.2, 0) is 0 Å². The van der Waals surface area contributed by atoms with Crippen LogP contribution in [0.4, 0.5) is 8.78 Å². The van der Waals surface area contributed by atoms with Crippen molar-refractivity contribution >= 4 is 17.7 Å². The van der Waals surface area contributed by atoms with Gasteiger partial charge in [0.25, 0.3) is 11.7 Å². The van der Waals surface area contributed by atoms with Crippen molar-refractivity contribution in [3.05, 3.63) is 29.8 Å². The van der Waals surface area contributed by atoms with Crippen molar-refractivity contribution in [1.29, 1.82) is 0 Å². The number of hydrogen-bond donors (Lipinski definition) is 2. The summed E-state index contributed by atoms with van der Waals surface area (Å²) in [6.07, 6.45) is 1.42. The molecular formula is C13H15F2NO2S. The number of aliphatic hydroxyl groups excluding tert-OH is 1. The number of thioether (sulfide) groups is 1. The van der Waals surface area contributed by atoms with E-state index in [1.807, 2.05) is 0 Å². The Kier molecular flexibility index (Phi) is 4.76. The van der Waals surface area contributed by atoms with Gasteiger partial charge in [0.2, 0.25) is 0 Å². The molecule has 2 N–H and O–H groups in total. The number of alkyl halides is 2. The van der Waals surface area contributed by atoms with Crippen molar-refractivity contribution in [3.8, 4) is 0 Å². The summed E-state index contributed by atoms with van der Waals surface area (Å²) in [5.41, 5.74) is 0.218. The molecule has 0 aromatic heterocycles. The Balaban J connectivity index is 1.97. The van der Waals surface area contributed by atoms with Crippen LogP contribution in [0.5, 0.6) is 0 Å². The van der Waals surface area contributed by atoms with Crippen molar-refractivity contribution in [2.75, 3.05) is 6.54 Å². The number of carbonyl (C=O) groups excluding carboxylic acids is 1. The zero-order valence-electron chi connectivity index (χ0n) is 10.2. The maximum Gasteiger partial charge on any atom is 0.288 e. The van der Waals surface area contributed by atoms with Crippen molar-refractivity contribution in [1.82, 2.24) is 5.32 Å². The van der Waals surface area contributed by atoms with E-state index in [0.717, 1.165) is 12.8 Å². The van der Waals surface area contributed by atoms with E-state index in [0.29, 0.717) is 11.8 Å². The van der Waals surface area contributed by atoms with E-state index >= 15 is 0 Å². The maximum atomic E-state index is 12.4. The predicted octanol–water partition coefficient (Wildman–Crippen LogP) is 2.50. The molecule has 6 heteroatoms. The van der Waals surface area contributed by atoms with Gasteiger partial charge in [-0.25, -0.2) is 0 Å². The molecule has 1 atom stereocenters. The van der Waals surface area contributed by atoms with Gasteiger partial charge in [-0.3, -0.25) is 4.79 Å². The first-order valence-electron chi connectivity index (χ1n) is 6.08.